The minimum absolute atomic E-state index is 0.107. The maximum absolute atomic E-state index is 12.4. The van der Waals surface area contributed by atoms with Crippen molar-refractivity contribution in [1.29, 1.82) is 0 Å². The van der Waals surface area contributed by atoms with Gasteiger partial charge in [-0.15, -0.1) is 0 Å². The summed E-state index contributed by atoms with van der Waals surface area (Å²) >= 11 is 0. The van der Waals surface area contributed by atoms with Crippen molar-refractivity contribution in [2.75, 3.05) is 11.9 Å². The summed E-state index contributed by atoms with van der Waals surface area (Å²) < 4.78 is 1.63. The summed E-state index contributed by atoms with van der Waals surface area (Å²) in [5.74, 6) is -0.356. The molecule has 4 rings (SSSR count). The number of rotatable bonds is 6. The van der Waals surface area contributed by atoms with Gasteiger partial charge in [-0.1, -0.05) is 30.3 Å². The Bertz CT molecular complexity index is 1010. The van der Waals surface area contributed by atoms with Crippen LogP contribution < -0.4 is 5.32 Å². The van der Waals surface area contributed by atoms with Crippen molar-refractivity contribution in [3.05, 3.63) is 72.8 Å². The van der Waals surface area contributed by atoms with E-state index in [-0.39, 0.29) is 24.7 Å². The zero-order valence-electron chi connectivity index (χ0n) is 15.7. The monoisotopic (exact) mass is 388 g/mol. The van der Waals surface area contributed by atoms with Crippen LogP contribution in [-0.2, 0) is 9.59 Å². The van der Waals surface area contributed by atoms with E-state index < -0.39 is 0 Å². The predicted octanol–water partition coefficient (Wildman–Crippen LogP) is 2.62. The first-order valence-corrected chi connectivity index (χ1v) is 9.37. The lowest BCUT2D eigenvalue weighted by Crippen LogP contribution is -2.24. The standard InChI is InChI=1S/C21H20N6O2/c28-20(24-17-6-8-18(9-7-17)27-15-22-14-23-27)10-11-21(29)26-13-12-19(25-26)16-4-2-1-3-5-16/h1-9,14-15H,10-13H2,(H,24,28). The highest BCUT2D eigenvalue weighted by Crippen LogP contribution is 2.16. The van der Waals surface area contributed by atoms with E-state index in [1.165, 1.54) is 11.3 Å². The predicted molar refractivity (Wildman–Crippen MR) is 109 cm³/mol. The van der Waals surface area contributed by atoms with Crippen LogP contribution in [0.4, 0.5) is 5.69 Å². The Morgan fingerprint density at radius 1 is 1.00 bits per heavy atom. The van der Waals surface area contributed by atoms with Gasteiger partial charge in [0.25, 0.3) is 0 Å². The average molecular weight is 388 g/mol. The average Bonchev–Trinajstić information content (AvgIpc) is 3.46. The highest BCUT2D eigenvalue weighted by Gasteiger charge is 2.21. The first-order chi connectivity index (χ1) is 14.2. The van der Waals surface area contributed by atoms with Gasteiger partial charge in [-0.3, -0.25) is 9.59 Å². The Hall–Kier alpha value is -3.81. The molecule has 2 aromatic carbocycles. The number of nitrogens with zero attached hydrogens (tertiary/aromatic N) is 5. The zero-order chi connectivity index (χ0) is 20.1. The van der Waals surface area contributed by atoms with Crippen LogP contribution in [0.5, 0.6) is 0 Å². The molecule has 8 nitrogen and oxygen atoms in total. The molecule has 0 saturated carbocycles. The third-order valence-electron chi connectivity index (χ3n) is 4.60. The second-order valence-electron chi connectivity index (χ2n) is 6.61. The molecule has 1 N–H and O–H groups in total. The van der Waals surface area contributed by atoms with E-state index in [1.807, 2.05) is 42.5 Å². The molecule has 0 aliphatic carbocycles. The second-order valence-corrected chi connectivity index (χ2v) is 6.61. The minimum Gasteiger partial charge on any atom is -0.326 e. The van der Waals surface area contributed by atoms with E-state index in [4.69, 9.17) is 0 Å². The number of benzene rings is 2. The highest BCUT2D eigenvalue weighted by atomic mass is 16.2. The number of carbonyl (C=O) groups is 2. The van der Waals surface area contributed by atoms with Crippen molar-refractivity contribution >= 4 is 23.2 Å². The summed E-state index contributed by atoms with van der Waals surface area (Å²) in [6.45, 7) is 0.550. The van der Waals surface area contributed by atoms with E-state index >= 15 is 0 Å². The lowest BCUT2D eigenvalue weighted by atomic mass is 10.1. The Labute approximate surface area is 167 Å². The molecule has 1 aliphatic rings. The van der Waals surface area contributed by atoms with Crippen LogP contribution in [0.15, 0.2) is 72.4 Å². The third kappa shape index (κ3) is 4.55. The molecule has 3 aromatic rings. The van der Waals surface area contributed by atoms with Crippen LogP contribution in [0.2, 0.25) is 0 Å². The normalized spacial score (nSPS) is 13.2. The number of hydrazone groups is 1. The lowest BCUT2D eigenvalue weighted by molar-refractivity contribution is -0.132. The summed E-state index contributed by atoms with van der Waals surface area (Å²) in [5.41, 5.74) is 3.43. The smallest absolute Gasteiger partial charge is 0.243 e. The summed E-state index contributed by atoms with van der Waals surface area (Å²) in [5, 5.41) is 12.7. The largest absolute Gasteiger partial charge is 0.326 e. The Morgan fingerprint density at radius 3 is 2.52 bits per heavy atom. The third-order valence-corrected chi connectivity index (χ3v) is 4.60. The Balaban J connectivity index is 1.27. The fourth-order valence-electron chi connectivity index (χ4n) is 3.08. The van der Waals surface area contributed by atoms with Gasteiger partial charge in [0.1, 0.15) is 12.7 Å². The topological polar surface area (TPSA) is 92.5 Å². The number of hydrogen-bond acceptors (Lipinski definition) is 5. The van der Waals surface area contributed by atoms with Crippen LogP contribution in [-0.4, -0.2) is 43.8 Å². The van der Waals surface area contributed by atoms with E-state index in [0.717, 1.165) is 23.4 Å². The van der Waals surface area contributed by atoms with E-state index in [0.29, 0.717) is 12.2 Å². The quantitative estimate of drug-likeness (QED) is 0.703. The Morgan fingerprint density at radius 2 is 1.79 bits per heavy atom. The molecular formula is C21H20N6O2. The molecule has 1 aromatic heterocycles. The second kappa shape index (κ2) is 8.47. The fourth-order valence-corrected chi connectivity index (χ4v) is 3.08. The van der Waals surface area contributed by atoms with Crippen LogP contribution in [0.25, 0.3) is 5.69 Å². The number of carbonyl (C=O) groups excluding carboxylic acids is 2. The maximum Gasteiger partial charge on any atom is 0.243 e. The van der Waals surface area contributed by atoms with Crippen molar-refractivity contribution in [1.82, 2.24) is 19.8 Å². The molecule has 2 amide bonds. The molecule has 146 valence electrons. The van der Waals surface area contributed by atoms with Gasteiger partial charge in [-0.05, 0) is 29.8 Å². The van der Waals surface area contributed by atoms with Crippen LogP contribution >= 0.6 is 0 Å². The maximum atomic E-state index is 12.4. The van der Waals surface area contributed by atoms with Gasteiger partial charge < -0.3 is 5.32 Å². The molecule has 29 heavy (non-hydrogen) atoms. The van der Waals surface area contributed by atoms with Crippen LogP contribution in [0, 0.1) is 0 Å². The number of hydrogen-bond donors (Lipinski definition) is 1. The van der Waals surface area contributed by atoms with E-state index in [1.54, 1.807) is 23.1 Å². The molecule has 0 saturated heterocycles. The van der Waals surface area contributed by atoms with Crippen LogP contribution in [0.3, 0.4) is 0 Å². The molecule has 0 atom stereocenters. The fraction of sp³-hybridized carbons (Fsp3) is 0.190. The zero-order valence-corrected chi connectivity index (χ0v) is 15.7. The van der Waals surface area contributed by atoms with E-state index in [2.05, 4.69) is 20.5 Å². The summed E-state index contributed by atoms with van der Waals surface area (Å²) in [4.78, 5) is 28.5. The van der Waals surface area contributed by atoms with Crippen molar-refractivity contribution < 1.29 is 9.59 Å². The highest BCUT2D eigenvalue weighted by molar-refractivity contribution is 6.02. The molecule has 0 bridgehead atoms. The number of nitrogens with one attached hydrogen (secondary N) is 1. The summed E-state index contributed by atoms with van der Waals surface area (Å²) in [6.07, 6.45) is 4.01. The number of aromatic nitrogens is 3. The molecule has 0 radical (unpaired) electrons. The molecule has 0 fully saturated rings. The molecule has 0 unspecified atom stereocenters. The van der Waals surface area contributed by atoms with Gasteiger partial charge in [-0.2, -0.15) is 10.2 Å². The van der Waals surface area contributed by atoms with Crippen molar-refractivity contribution in [2.24, 2.45) is 5.10 Å². The number of anilines is 1. The van der Waals surface area contributed by atoms with Crippen LogP contribution in [0.1, 0.15) is 24.8 Å². The summed E-state index contributed by atoms with van der Waals surface area (Å²) in [6, 6.07) is 17.0. The van der Waals surface area contributed by atoms with E-state index in [9.17, 15) is 9.59 Å². The molecule has 2 heterocycles. The van der Waals surface area contributed by atoms with Crippen molar-refractivity contribution in [2.45, 2.75) is 19.3 Å². The van der Waals surface area contributed by atoms with Gasteiger partial charge in [-0.25, -0.2) is 14.7 Å². The lowest BCUT2D eigenvalue weighted by Gasteiger charge is -2.11. The SMILES string of the molecule is O=C(CCC(=O)N1CCC(c2ccccc2)=N1)Nc1ccc(-n2cncn2)cc1. The molecular weight excluding hydrogens is 368 g/mol. The first kappa shape index (κ1) is 18.5. The van der Waals surface area contributed by atoms with Gasteiger partial charge in [0.05, 0.1) is 17.9 Å². The minimum atomic E-state index is -0.210. The van der Waals surface area contributed by atoms with Gasteiger partial charge in [0.2, 0.25) is 11.8 Å². The Kier molecular flexibility index (Phi) is 5.42. The first-order valence-electron chi connectivity index (χ1n) is 9.37. The van der Waals surface area contributed by atoms with Gasteiger partial charge >= 0.3 is 0 Å². The van der Waals surface area contributed by atoms with Gasteiger partial charge in [0.15, 0.2) is 0 Å². The van der Waals surface area contributed by atoms with Crippen molar-refractivity contribution in [3.8, 4) is 5.69 Å². The van der Waals surface area contributed by atoms with Gasteiger partial charge in [0, 0.05) is 24.9 Å². The molecule has 8 heteroatoms. The molecule has 1 aliphatic heterocycles. The van der Waals surface area contributed by atoms with Crippen molar-refractivity contribution in [3.63, 3.8) is 0 Å². The molecule has 0 spiro atoms. The number of amides is 2. The summed E-state index contributed by atoms with van der Waals surface area (Å²) in [7, 11) is 0.